The van der Waals surface area contributed by atoms with E-state index in [2.05, 4.69) is 6.92 Å². The van der Waals surface area contributed by atoms with Crippen LogP contribution in [0.25, 0.3) is 0 Å². The molecule has 4 unspecified atom stereocenters. The Kier molecular flexibility index (Phi) is 4.54. The van der Waals surface area contributed by atoms with Crippen LogP contribution in [0.15, 0.2) is 0 Å². The molecule has 33 heavy (non-hydrogen) atoms. The third-order valence-electron chi connectivity index (χ3n) is 11.3. The number of aliphatic hydroxyl groups is 1. The van der Waals surface area contributed by atoms with Crippen LogP contribution in [-0.4, -0.2) is 54.0 Å². The van der Waals surface area contributed by atoms with E-state index in [-0.39, 0.29) is 24.9 Å². The van der Waals surface area contributed by atoms with Crippen LogP contribution in [0.4, 0.5) is 0 Å². The van der Waals surface area contributed by atoms with E-state index in [1.165, 1.54) is 64.2 Å². The van der Waals surface area contributed by atoms with Crippen LogP contribution in [0.5, 0.6) is 0 Å². The van der Waals surface area contributed by atoms with E-state index in [1.54, 1.807) is 0 Å². The van der Waals surface area contributed by atoms with Gasteiger partial charge in [0.15, 0.2) is 17.9 Å². The van der Waals surface area contributed by atoms with Gasteiger partial charge in [0.05, 0.1) is 6.61 Å². The first-order valence-corrected chi connectivity index (χ1v) is 14.1. The third kappa shape index (κ3) is 2.83. The van der Waals surface area contributed by atoms with Gasteiger partial charge in [-0.25, -0.2) is 0 Å². The van der Waals surface area contributed by atoms with E-state index in [1.807, 2.05) is 0 Å². The molecule has 6 saturated carbocycles. The molecule has 0 radical (unpaired) electrons. The summed E-state index contributed by atoms with van der Waals surface area (Å²) in [5.41, 5.74) is 0. The summed E-state index contributed by atoms with van der Waals surface area (Å²) in [5.74, 6) is 3.66. The number of fused-ring (bicyclic) bond motifs is 6. The highest BCUT2D eigenvalue weighted by Crippen LogP contribution is 2.64. The first-order valence-electron chi connectivity index (χ1n) is 14.1. The molecule has 6 heteroatoms. The molecule has 6 bridgehead atoms. The Morgan fingerprint density at radius 2 is 1.45 bits per heavy atom. The maximum absolute atomic E-state index is 10.3. The van der Waals surface area contributed by atoms with Gasteiger partial charge < -0.3 is 28.8 Å². The summed E-state index contributed by atoms with van der Waals surface area (Å²) in [6, 6.07) is 0. The Labute approximate surface area is 197 Å². The van der Waals surface area contributed by atoms with E-state index in [0.717, 1.165) is 30.1 Å². The summed E-state index contributed by atoms with van der Waals surface area (Å²) in [5, 5.41) is 10.3. The molecular weight excluding hydrogens is 420 g/mol. The highest BCUT2D eigenvalue weighted by Gasteiger charge is 2.70. The average molecular weight is 461 g/mol. The molecule has 6 aliphatic carbocycles. The summed E-state index contributed by atoms with van der Waals surface area (Å²) in [6.45, 7) is 2.26. The standard InChI is InChI=1S/C27H40O6/c1-2-14-5-15-3-4-26(18(7-14)8-15)30-24-23-22(21(13-28)29-25(24)33-26)31-27(32-23)19-9-16-6-17(11-19)12-20(27)10-16/h14-25,28H,2-13H2,1H3/t14?,15?,16?,17?,18?,19?,20?,21-,22+,23+,24-,25-,26?,27?/m1/s1. The predicted molar refractivity (Wildman–Crippen MR) is 118 cm³/mol. The molecule has 9 rings (SSSR count). The lowest BCUT2D eigenvalue weighted by Gasteiger charge is -2.58. The lowest BCUT2D eigenvalue weighted by Crippen LogP contribution is -2.59. The van der Waals surface area contributed by atoms with Crippen molar-refractivity contribution in [1.82, 2.24) is 0 Å². The highest BCUT2D eigenvalue weighted by molar-refractivity contribution is 5.11. The number of ether oxygens (including phenoxy) is 5. The zero-order chi connectivity index (χ0) is 21.9. The maximum atomic E-state index is 10.3. The SMILES string of the molecule is CCC1CC2CCC3(O[C@H]4O[C@H](CO)[C@@H]5OC6(O[C@@H]5[C@H]4O3)C3CC4CC(C3)CC6C4)C(C1)C2. The normalized spacial score (nSPS) is 62.7. The molecule has 0 amide bonds. The van der Waals surface area contributed by atoms with Gasteiger partial charge >= 0.3 is 0 Å². The molecule has 1 N–H and O–H groups in total. The van der Waals surface area contributed by atoms with Crippen molar-refractivity contribution in [2.24, 2.45) is 41.4 Å². The molecule has 6 nitrogen and oxygen atoms in total. The number of hydrogen-bond donors (Lipinski definition) is 1. The van der Waals surface area contributed by atoms with Crippen LogP contribution in [0.3, 0.4) is 0 Å². The quantitative estimate of drug-likeness (QED) is 0.672. The molecular formula is C27H40O6. The van der Waals surface area contributed by atoms with Crippen LogP contribution in [0.1, 0.15) is 77.6 Å². The second kappa shape index (κ2) is 7.17. The van der Waals surface area contributed by atoms with Crippen molar-refractivity contribution in [3.05, 3.63) is 0 Å². The monoisotopic (exact) mass is 460 g/mol. The molecule has 9 fully saturated rings. The molecule has 0 aromatic heterocycles. The van der Waals surface area contributed by atoms with Gasteiger partial charge in [0.25, 0.3) is 0 Å². The van der Waals surface area contributed by atoms with Gasteiger partial charge in [0, 0.05) is 24.2 Å². The fourth-order valence-electron chi connectivity index (χ4n) is 10.1. The minimum Gasteiger partial charge on any atom is -0.394 e. The van der Waals surface area contributed by atoms with Crippen molar-refractivity contribution in [2.45, 2.75) is 120 Å². The summed E-state index contributed by atoms with van der Waals surface area (Å²) >= 11 is 0. The topological polar surface area (TPSA) is 66.4 Å². The van der Waals surface area contributed by atoms with Crippen molar-refractivity contribution < 1.29 is 28.8 Å². The first-order chi connectivity index (χ1) is 16.1. The second-order valence-corrected chi connectivity index (χ2v) is 13.0. The van der Waals surface area contributed by atoms with Crippen molar-refractivity contribution in [2.75, 3.05) is 6.61 Å². The van der Waals surface area contributed by atoms with Crippen LogP contribution in [0.2, 0.25) is 0 Å². The Morgan fingerprint density at radius 1 is 0.727 bits per heavy atom. The zero-order valence-corrected chi connectivity index (χ0v) is 19.9. The number of hydrogen-bond acceptors (Lipinski definition) is 6. The summed E-state index contributed by atoms with van der Waals surface area (Å²) in [4.78, 5) is 0. The molecule has 184 valence electrons. The fraction of sp³-hybridized carbons (Fsp3) is 1.00. The van der Waals surface area contributed by atoms with E-state index >= 15 is 0 Å². The van der Waals surface area contributed by atoms with Gasteiger partial charge in [0.1, 0.15) is 24.4 Å². The number of aliphatic hydroxyl groups excluding tert-OH is 1. The van der Waals surface area contributed by atoms with E-state index < -0.39 is 24.0 Å². The Hall–Kier alpha value is -0.240. The van der Waals surface area contributed by atoms with Gasteiger partial charge in [-0.1, -0.05) is 13.3 Å². The highest BCUT2D eigenvalue weighted by atomic mass is 16.9. The molecule has 9 aliphatic rings. The Morgan fingerprint density at radius 3 is 2.18 bits per heavy atom. The van der Waals surface area contributed by atoms with E-state index in [4.69, 9.17) is 23.7 Å². The molecule has 2 spiro atoms. The smallest absolute Gasteiger partial charge is 0.190 e. The molecule has 0 aromatic rings. The second-order valence-electron chi connectivity index (χ2n) is 13.0. The van der Waals surface area contributed by atoms with Crippen LogP contribution >= 0.6 is 0 Å². The maximum Gasteiger partial charge on any atom is 0.190 e. The molecule has 0 aromatic carbocycles. The van der Waals surface area contributed by atoms with Gasteiger partial charge in [-0.3, -0.25) is 0 Å². The first kappa shape index (κ1) is 20.9. The zero-order valence-electron chi connectivity index (χ0n) is 19.9. The van der Waals surface area contributed by atoms with Crippen molar-refractivity contribution >= 4 is 0 Å². The Bertz CT molecular complexity index is 773. The fourth-order valence-corrected chi connectivity index (χ4v) is 10.1. The van der Waals surface area contributed by atoms with Crippen molar-refractivity contribution in [3.8, 4) is 0 Å². The largest absolute Gasteiger partial charge is 0.394 e. The Balaban J connectivity index is 1.10. The number of rotatable bonds is 2. The van der Waals surface area contributed by atoms with Gasteiger partial charge in [0.2, 0.25) is 0 Å². The molecule has 3 aliphatic heterocycles. The van der Waals surface area contributed by atoms with Gasteiger partial charge in [-0.05, 0) is 81.5 Å². The van der Waals surface area contributed by atoms with Gasteiger partial charge in [-0.15, -0.1) is 0 Å². The van der Waals surface area contributed by atoms with Crippen molar-refractivity contribution in [3.63, 3.8) is 0 Å². The average Bonchev–Trinajstić information content (AvgIpc) is 3.40. The predicted octanol–water partition coefficient (Wildman–Crippen LogP) is 3.99. The van der Waals surface area contributed by atoms with Crippen LogP contribution in [-0.2, 0) is 23.7 Å². The minimum absolute atomic E-state index is 0.0653. The molecule has 9 atom stereocenters. The lowest BCUT2D eigenvalue weighted by molar-refractivity contribution is -0.309. The van der Waals surface area contributed by atoms with Crippen LogP contribution < -0.4 is 0 Å². The molecule has 3 heterocycles. The third-order valence-corrected chi connectivity index (χ3v) is 11.3. The minimum atomic E-state index is -0.544. The van der Waals surface area contributed by atoms with E-state index in [9.17, 15) is 5.11 Å². The van der Waals surface area contributed by atoms with E-state index in [0.29, 0.717) is 17.8 Å². The summed E-state index contributed by atoms with van der Waals surface area (Å²) in [6.07, 6.45) is 11.9. The van der Waals surface area contributed by atoms with Crippen LogP contribution in [0, 0.1) is 41.4 Å². The molecule has 3 saturated heterocycles. The summed E-state index contributed by atoms with van der Waals surface area (Å²) in [7, 11) is 0. The summed E-state index contributed by atoms with van der Waals surface area (Å²) < 4.78 is 34.0. The van der Waals surface area contributed by atoms with Crippen molar-refractivity contribution in [1.29, 1.82) is 0 Å². The lowest BCUT2D eigenvalue weighted by atomic mass is 9.53. The van der Waals surface area contributed by atoms with Gasteiger partial charge in [-0.2, -0.15) is 0 Å².